The fraction of sp³-hybridized carbons (Fsp3) is 0.200. The van der Waals surface area contributed by atoms with Gasteiger partial charge in [0.25, 0.3) is 10.1 Å². The Kier molecular flexibility index (Phi) is 2.71. The number of hydrogen-bond donors (Lipinski definition) is 3. The molecule has 1 aromatic carbocycles. The molecule has 0 bridgehead atoms. The molecule has 6 heteroatoms. The zero-order valence-corrected chi connectivity index (χ0v) is 9.11. The number of benzene rings is 1. The number of aliphatic hydroxyl groups is 1. The SMILES string of the molecule is O=S(=O)(O)C(O)Cc1c[nH]c2ccccc12. The molecule has 0 aliphatic heterocycles. The molecule has 1 atom stereocenters. The molecule has 0 saturated heterocycles. The summed E-state index contributed by atoms with van der Waals surface area (Å²) in [6, 6.07) is 7.33. The quantitative estimate of drug-likeness (QED) is 0.697. The molecule has 1 aromatic heterocycles. The molecule has 0 aliphatic carbocycles. The predicted octanol–water partition coefficient (Wildman–Crippen LogP) is 0.917. The van der Waals surface area contributed by atoms with Crippen molar-refractivity contribution in [3.05, 3.63) is 36.0 Å². The maximum Gasteiger partial charge on any atom is 0.292 e. The lowest BCUT2D eigenvalue weighted by atomic mass is 10.1. The molecular weight excluding hydrogens is 230 g/mol. The summed E-state index contributed by atoms with van der Waals surface area (Å²) in [7, 11) is -4.41. The van der Waals surface area contributed by atoms with Crippen molar-refractivity contribution < 1.29 is 18.1 Å². The molecule has 2 rings (SSSR count). The number of para-hydroxylation sites is 1. The van der Waals surface area contributed by atoms with Gasteiger partial charge >= 0.3 is 0 Å². The lowest BCUT2D eigenvalue weighted by molar-refractivity contribution is 0.234. The van der Waals surface area contributed by atoms with Gasteiger partial charge in [0.05, 0.1) is 0 Å². The maximum absolute atomic E-state index is 10.7. The van der Waals surface area contributed by atoms with Crippen molar-refractivity contribution in [3.63, 3.8) is 0 Å². The van der Waals surface area contributed by atoms with Gasteiger partial charge in [0, 0.05) is 23.5 Å². The number of nitrogens with one attached hydrogen (secondary N) is 1. The first-order valence-corrected chi connectivity index (χ1v) is 6.18. The third-order valence-corrected chi connectivity index (χ3v) is 3.27. The monoisotopic (exact) mass is 241 g/mol. The van der Waals surface area contributed by atoms with Crippen LogP contribution in [-0.2, 0) is 16.5 Å². The predicted molar refractivity (Wildman–Crippen MR) is 59.6 cm³/mol. The summed E-state index contributed by atoms with van der Waals surface area (Å²) in [6.07, 6.45) is 1.49. The van der Waals surface area contributed by atoms with Crippen molar-refractivity contribution in [2.24, 2.45) is 0 Å². The summed E-state index contributed by atoms with van der Waals surface area (Å²) < 4.78 is 30.0. The highest BCUT2D eigenvalue weighted by Crippen LogP contribution is 2.19. The lowest BCUT2D eigenvalue weighted by Crippen LogP contribution is -2.22. The summed E-state index contributed by atoms with van der Waals surface area (Å²) in [5.74, 6) is 0. The smallest absolute Gasteiger partial charge is 0.292 e. The van der Waals surface area contributed by atoms with Gasteiger partial charge in [-0.15, -0.1) is 0 Å². The van der Waals surface area contributed by atoms with Crippen LogP contribution >= 0.6 is 0 Å². The van der Waals surface area contributed by atoms with Crippen molar-refractivity contribution in [1.29, 1.82) is 0 Å². The van der Waals surface area contributed by atoms with E-state index in [0.29, 0.717) is 5.56 Å². The van der Waals surface area contributed by atoms with E-state index in [1.54, 1.807) is 6.20 Å². The van der Waals surface area contributed by atoms with Gasteiger partial charge < -0.3 is 10.1 Å². The zero-order valence-electron chi connectivity index (χ0n) is 8.29. The average Bonchev–Trinajstić information content (AvgIpc) is 2.61. The second-order valence-electron chi connectivity index (χ2n) is 3.53. The van der Waals surface area contributed by atoms with Gasteiger partial charge in [-0.1, -0.05) is 18.2 Å². The van der Waals surface area contributed by atoms with Crippen LogP contribution in [0.15, 0.2) is 30.5 Å². The second-order valence-corrected chi connectivity index (χ2v) is 5.11. The van der Waals surface area contributed by atoms with Gasteiger partial charge in [-0.3, -0.25) is 4.55 Å². The molecule has 0 saturated carbocycles. The van der Waals surface area contributed by atoms with Crippen LogP contribution in [0.5, 0.6) is 0 Å². The highest BCUT2D eigenvalue weighted by molar-refractivity contribution is 7.86. The van der Waals surface area contributed by atoms with Crippen LogP contribution in [0.2, 0.25) is 0 Å². The fourth-order valence-corrected chi connectivity index (χ4v) is 1.98. The van der Waals surface area contributed by atoms with Crippen molar-refractivity contribution in [1.82, 2.24) is 4.98 Å². The number of fused-ring (bicyclic) bond motifs is 1. The van der Waals surface area contributed by atoms with E-state index in [9.17, 15) is 13.5 Å². The molecule has 1 unspecified atom stereocenters. The fourth-order valence-electron chi connectivity index (χ4n) is 1.59. The second kappa shape index (κ2) is 3.89. The molecular formula is C10H11NO4S. The average molecular weight is 241 g/mol. The third-order valence-electron chi connectivity index (χ3n) is 2.41. The third kappa shape index (κ3) is 2.08. The van der Waals surface area contributed by atoms with Gasteiger partial charge in [-0.2, -0.15) is 8.42 Å². The molecule has 1 heterocycles. The highest BCUT2D eigenvalue weighted by atomic mass is 32.2. The number of hydrogen-bond acceptors (Lipinski definition) is 3. The maximum atomic E-state index is 10.7. The zero-order chi connectivity index (χ0) is 11.8. The number of H-pyrrole nitrogens is 1. The Morgan fingerprint density at radius 2 is 2.00 bits per heavy atom. The number of aliphatic hydroxyl groups excluding tert-OH is 1. The van der Waals surface area contributed by atoms with Crippen LogP contribution in [-0.4, -0.2) is 28.5 Å². The molecule has 0 aliphatic rings. The van der Waals surface area contributed by atoms with E-state index in [1.165, 1.54) is 0 Å². The van der Waals surface area contributed by atoms with E-state index < -0.39 is 15.6 Å². The first-order valence-electron chi connectivity index (χ1n) is 4.68. The topological polar surface area (TPSA) is 90.4 Å². The van der Waals surface area contributed by atoms with Gasteiger partial charge in [-0.25, -0.2) is 0 Å². The Hall–Kier alpha value is -1.37. The van der Waals surface area contributed by atoms with Crippen LogP contribution < -0.4 is 0 Å². The molecule has 5 nitrogen and oxygen atoms in total. The molecule has 3 N–H and O–H groups in total. The Morgan fingerprint density at radius 1 is 1.31 bits per heavy atom. The summed E-state index contributed by atoms with van der Waals surface area (Å²) >= 11 is 0. The molecule has 0 radical (unpaired) electrons. The van der Waals surface area contributed by atoms with E-state index in [-0.39, 0.29) is 6.42 Å². The highest BCUT2D eigenvalue weighted by Gasteiger charge is 2.21. The molecule has 0 spiro atoms. The first kappa shape index (κ1) is 11.1. The summed E-state index contributed by atoms with van der Waals surface area (Å²) in [5.41, 5.74) is -0.271. The van der Waals surface area contributed by atoms with Crippen LogP contribution in [0.1, 0.15) is 5.56 Å². The van der Waals surface area contributed by atoms with Crippen LogP contribution in [0.3, 0.4) is 0 Å². The largest absolute Gasteiger partial charge is 0.375 e. The van der Waals surface area contributed by atoms with Crippen LogP contribution in [0.25, 0.3) is 10.9 Å². The molecule has 2 aromatic rings. The lowest BCUT2D eigenvalue weighted by Gasteiger charge is -2.05. The minimum absolute atomic E-state index is 0.136. The number of rotatable bonds is 3. The molecule has 16 heavy (non-hydrogen) atoms. The van der Waals surface area contributed by atoms with Gasteiger partial charge in [0.1, 0.15) is 0 Å². The number of aromatic amines is 1. The minimum Gasteiger partial charge on any atom is -0.375 e. The van der Waals surface area contributed by atoms with E-state index in [0.717, 1.165) is 10.9 Å². The van der Waals surface area contributed by atoms with E-state index in [4.69, 9.17) is 4.55 Å². The summed E-state index contributed by atoms with van der Waals surface area (Å²) in [6.45, 7) is 0. The van der Waals surface area contributed by atoms with Crippen LogP contribution in [0.4, 0.5) is 0 Å². The van der Waals surface area contributed by atoms with Crippen molar-refractivity contribution >= 4 is 21.0 Å². The Bertz CT molecular complexity index is 602. The van der Waals surface area contributed by atoms with Crippen molar-refractivity contribution in [2.75, 3.05) is 0 Å². The Labute approximate surface area is 92.5 Å². The molecule has 0 fully saturated rings. The van der Waals surface area contributed by atoms with E-state index in [1.807, 2.05) is 24.3 Å². The standard InChI is InChI=1S/C10H11NO4S/c12-10(16(13,14)15)5-7-6-11-9-4-2-1-3-8(7)9/h1-4,6,10-12H,5H2,(H,13,14,15). The molecule has 86 valence electrons. The normalized spacial score (nSPS) is 14.1. The van der Waals surface area contributed by atoms with Gasteiger partial charge in [0.2, 0.25) is 0 Å². The molecule has 0 amide bonds. The van der Waals surface area contributed by atoms with Crippen molar-refractivity contribution in [2.45, 2.75) is 11.9 Å². The van der Waals surface area contributed by atoms with Crippen molar-refractivity contribution in [3.8, 4) is 0 Å². The Balaban J connectivity index is 2.35. The minimum atomic E-state index is -4.41. The van der Waals surface area contributed by atoms with Gasteiger partial charge in [-0.05, 0) is 11.6 Å². The Morgan fingerprint density at radius 3 is 2.69 bits per heavy atom. The van der Waals surface area contributed by atoms with Crippen LogP contribution in [0, 0.1) is 0 Å². The summed E-state index contributed by atoms with van der Waals surface area (Å²) in [4.78, 5) is 2.96. The first-order chi connectivity index (χ1) is 7.48. The van der Waals surface area contributed by atoms with E-state index in [2.05, 4.69) is 4.98 Å². The van der Waals surface area contributed by atoms with Gasteiger partial charge in [0.15, 0.2) is 5.44 Å². The number of aromatic nitrogens is 1. The van der Waals surface area contributed by atoms with E-state index >= 15 is 0 Å². The summed E-state index contributed by atoms with van der Waals surface area (Å²) in [5, 5.41) is 10.1.